The van der Waals surface area contributed by atoms with Crippen LogP contribution in [-0.4, -0.2) is 27.3 Å². The number of phenols is 2. The molecule has 0 unspecified atom stereocenters. The van der Waals surface area contributed by atoms with Gasteiger partial charge in [-0.05, 0) is 24.3 Å². The largest absolute Gasteiger partial charge is 0.504 e. The maximum absolute atomic E-state index is 11.8. The number of carbonyl (C=O) groups excluding carboxylic acids is 1. The fourth-order valence-corrected chi connectivity index (χ4v) is 1.80. The number of rotatable bonds is 4. The molecule has 9 heteroatoms. The SMILES string of the molecule is O=C(N/N=C/c1cc([N+](=O)[O-])ccc1Cl)c1ccc(O)c(O)c1. The molecule has 0 aliphatic carbocycles. The number of aromatic hydroxyl groups is 2. The fourth-order valence-electron chi connectivity index (χ4n) is 1.63. The van der Waals surface area contributed by atoms with Crippen LogP contribution in [0.2, 0.25) is 5.02 Å². The van der Waals surface area contributed by atoms with Crippen molar-refractivity contribution in [3.05, 3.63) is 62.7 Å². The Labute approximate surface area is 134 Å². The molecule has 118 valence electrons. The smallest absolute Gasteiger partial charge is 0.271 e. The number of nitro benzene ring substituents is 1. The summed E-state index contributed by atoms with van der Waals surface area (Å²) in [7, 11) is 0. The van der Waals surface area contributed by atoms with Crippen LogP contribution in [0.25, 0.3) is 0 Å². The second-order valence-electron chi connectivity index (χ2n) is 4.37. The normalized spacial score (nSPS) is 10.7. The lowest BCUT2D eigenvalue weighted by Crippen LogP contribution is -2.17. The van der Waals surface area contributed by atoms with Crippen molar-refractivity contribution >= 4 is 29.4 Å². The van der Waals surface area contributed by atoms with Crippen LogP contribution in [0.5, 0.6) is 11.5 Å². The predicted molar refractivity (Wildman–Crippen MR) is 82.9 cm³/mol. The van der Waals surface area contributed by atoms with E-state index in [2.05, 4.69) is 10.5 Å². The van der Waals surface area contributed by atoms with Crippen molar-refractivity contribution in [2.75, 3.05) is 0 Å². The minimum atomic E-state index is -0.641. The zero-order chi connectivity index (χ0) is 17.0. The van der Waals surface area contributed by atoms with Gasteiger partial charge in [0.05, 0.1) is 11.1 Å². The number of hydrogen-bond donors (Lipinski definition) is 3. The van der Waals surface area contributed by atoms with Gasteiger partial charge < -0.3 is 10.2 Å². The van der Waals surface area contributed by atoms with Crippen LogP contribution in [0, 0.1) is 10.1 Å². The maximum Gasteiger partial charge on any atom is 0.271 e. The topological polar surface area (TPSA) is 125 Å². The molecule has 1 amide bonds. The first-order valence-electron chi connectivity index (χ1n) is 6.18. The first-order chi connectivity index (χ1) is 10.9. The third-order valence-corrected chi connectivity index (χ3v) is 3.14. The summed E-state index contributed by atoms with van der Waals surface area (Å²) in [6.45, 7) is 0. The Bertz CT molecular complexity index is 807. The zero-order valence-electron chi connectivity index (χ0n) is 11.4. The summed E-state index contributed by atoms with van der Waals surface area (Å²) in [5.41, 5.74) is 2.35. The second kappa shape index (κ2) is 6.75. The minimum absolute atomic E-state index is 0.0718. The quantitative estimate of drug-likeness (QED) is 0.342. The van der Waals surface area contributed by atoms with Gasteiger partial charge in [0.25, 0.3) is 11.6 Å². The van der Waals surface area contributed by atoms with E-state index >= 15 is 0 Å². The lowest BCUT2D eigenvalue weighted by Gasteiger charge is -2.02. The average Bonchev–Trinajstić information content (AvgIpc) is 2.51. The standard InChI is InChI=1S/C14H10ClN3O5/c15-11-3-2-10(18(22)23)5-9(11)7-16-17-14(21)8-1-4-12(19)13(20)6-8/h1-7,19-20H,(H,17,21)/b16-7+. The van der Waals surface area contributed by atoms with Crippen LogP contribution in [0.3, 0.4) is 0 Å². The maximum atomic E-state index is 11.8. The molecule has 2 rings (SSSR count). The molecule has 0 atom stereocenters. The van der Waals surface area contributed by atoms with Crippen molar-refractivity contribution < 1.29 is 19.9 Å². The molecule has 3 N–H and O–H groups in total. The van der Waals surface area contributed by atoms with E-state index in [1.807, 2.05) is 0 Å². The molecule has 0 aliphatic rings. The Hall–Kier alpha value is -3.13. The molecular weight excluding hydrogens is 326 g/mol. The lowest BCUT2D eigenvalue weighted by molar-refractivity contribution is -0.384. The monoisotopic (exact) mass is 335 g/mol. The van der Waals surface area contributed by atoms with Gasteiger partial charge in [-0.3, -0.25) is 14.9 Å². The number of halogens is 1. The number of non-ortho nitro benzene ring substituents is 1. The fraction of sp³-hybridized carbons (Fsp3) is 0. The number of nitro groups is 1. The van der Waals surface area contributed by atoms with Gasteiger partial charge in [0.1, 0.15) is 0 Å². The van der Waals surface area contributed by atoms with E-state index in [4.69, 9.17) is 11.6 Å². The van der Waals surface area contributed by atoms with E-state index in [1.165, 1.54) is 24.3 Å². The predicted octanol–water partition coefficient (Wildman–Crippen LogP) is 2.42. The molecule has 0 spiro atoms. The minimum Gasteiger partial charge on any atom is -0.504 e. The molecule has 2 aromatic rings. The first-order valence-corrected chi connectivity index (χ1v) is 6.55. The third kappa shape index (κ3) is 3.95. The van der Waals surface area contributed by atoms with Crippen molar-refractivity contribution in [1.82, 2.24) is 5.43 Å². The highest BCUT2D eigenvalue weighted by molar-refractivity contribution is 6.33. The molecular formula is C14H10ClN3O5. The molecule has 0 saturated heterocycles. The summed E-state index contributed by atoms with van der Waals surface area (Å²) >= 11 is 5.88. The Kier molecular flexibility index (Phi) is 4.77. The molecule has 8 nitrogen and oxygen atoms in total. The molecule has 0 radical (unpaired) electrons. The summed E-state index contributed by atoms with van der Waals surface area (Å²) < 4.78 is 0. The number of hydrazone groups is 1. The van der Waals surface area contributed by atoms with E-state index in [9.17, 15) is 25.1 Å². The second-order valence-corrected chi connectivity index (χ2v) is 4.77. The lowest BCUT2D eigenvalue weighted by atomic mass is 10.2. The summed E-state index contributed by atoms with van der Waals surface area (Å²) in [4.78, 5) is 21.9. The van der Waals surface area contributed by atoms with Crippen molar-refractivity contribution in [2.24, 2.45) is 5.10 Å². The van der Waals surface area contributed by atoms with Gasteiger partial charge in [-0.1, -0.05) is 11.6 Å². The van der Waals surface area contributed by atoms with Gasteiger partial charge in [0.15, 0.2) is 11.5 Å². The van der Waals surface area contributed by atoms with Crippen molar-refractivity contribution in [1.29, 1.82) is 0 Å². The number of nitrogens with zero attached hydrogens (tertiary/aromatic N) is 2. The molecule has 0 aliphatic heterocycles. The van der Waals surface area contributed by atoms with Gasteiger partial charge in [-0.15, -0.1) is 0 Å². The molecule has 0 heterocycles. The molecule has 0 bridgehead atoms. The highest BCUT2D eigenvalue weighted by Gasteiger charge is 2.10. The molecule has 0 fully saturated rings. The van der Waals surface area contributed by atoms with Crippen molar-refractivity contribution in [3.63, 3.8) is 0 Å². The van der Waals surface area contributed by atoms with E-state index in [0.717, 1.165) is 18.3 Å². The van der Waals surface area contributed by atoms with Crippen LogP contribution < -0.4 is 5.43 Å². The Balaban J connectivity index is 2.12. The molecule has 23 heavy (non-hydrogen) atoms. The van der Waals surface area contributed by atoms with Gasteiger partial charge in [-0.25, -0.2) is 5.43 Å². The summed E-state index contributed by atoms with van der Waals surface area (Å²) in [5, 5.41) is 33.1. The molecule has 2 aromatic carbocycles. The number of carbonyl (C=O) groups is 1. The average molecular weight is 336 g/mol. The Morgan fingerprint density at radius 3 is 2.61 bits per heavy atom. The summed E-state index contributed by atoms with van der Waals surface area (Å²) in [6.07, 6.45) is 1.16. The van der Waals surface area contributed by atoms with Gasteiger partial charge in [0.2, 0.25) is 0 Å². The van der Waals surface area contributed by atoms with Crippen molar-refractivity contribution in [2.45, 2.75) is 0 Å². The summed E-state index contributed by atoms with van der Waals surface area (Å²) in [5.74, 6) is -1.44. The van der Waals surface area contributed by atoms with E-state index in [1.54, 1.807) is 0 Å². The highest BCUT2D eigenvalue weighted by atomic mass is 35.5. The Morgan fingerprint density at radius 2 is 1.96 bits per heavy atom. The number of phenolic OH excluding ortho intramolecular Hbond substituents is 2. The number of nitrogens with one attached hydrogen (secondary N) is 1. The van der Waals surface area contributed by atoms with Crippen LogP contribution in [0.1, 0.15) is 15.9 Å². The first kappa shape index (κ1) is 16.2. The zero-order valence-corrected chi connectivity index (χ0v) is 12.2. The van der Waals surface area contributed by atoms with Gasteiger partial charge >= 0.3 is 0 Å². The van der Waals surface area contributed by atoms with Crippen molar-refractivity contribution in [3.8, 4) is 11.5 Å². The third-order valence-electron chi connectivity index (χ3n) is 2.80. The summed E-state index contributed by atoms with van der Waals surface area (Å²) in [6, 6.07) is 7.33. The molecule has 0 aromatic heterocycles. The van der Waals surface area contributed by atoms with Crippen LogP contribution in [0.15, 0.2) is 41.5 Å². The Morgan fingerprint density at radius 1 is 1.22 bits per heavy atom. The van der Waals surface area contributed by atoms with Crippen LogP contribution >= 0.6 is 11.6 Å². The number of hydrogen-bond acceptors (Lipinski definition) is 6. The van der Waals surface area contributed by atoms with E-state index in [0.29, 0.717) is 0 Å². The van der Waals surface area contributed by atoms with E-state index < -0.39 is 16.6 Å². The number of benzene rings is 2. The van der Waals surface area contributed by atoms with Crippen LogP contribution in [0.4, 0.5) is 5.69 Å². The van der Waals surface area contributed by atoms with Gasteiger partial charge in [-0.2, -0.15) is 5.10 Å². The van der Waals surface area contributed by atoms with Gasteiger partial charge in [0, 0.05) is 28.3 Å². The molecule has 0 saturated carbocycles. The number of amides is 1. The van der Waals surface area contributed by atoms with E-state index in [-0.39, 0.29) is 27.6 Å². The van der Waals surface area contributed by atoms with Crippen LogP contribution in [-0.2, 0) is 0 Å². The highest BCUT2D eigenvalue weighted by Crippen LogP contribution is 2.24.